The zero-order valence-electron chi connectivity index (χ0n) is 13.1. The highest BCUT2D eigenvalue weighted by Gasteiger charge is 2.19. The molecule has 3 aromatic rings. The molecule has 2 aromatic carbocycles. The van der Waals surface area contributed by atoms with Crippen molar-refractivity contribution in [2.75, 3.05) is 20.5 Å². The third-order valence-corrected chi connectivity index (χ3v) is 4.19. The van der Waals surface area contributed by atoms with Gasteiger partial charge in [-0.25, -0.2) is 4.98 Å². The molecule has 0 amide bonds. The molecule has 3 rings (SSSR count). The van der Waals surface area contributed by atoms with E-state index in [-0.39, 0.29) is 5.91 Å². The fraction of sp³-hybridized carbons (Fsp3) is 0.176. The Morgan fingerprint density at radius 3 is 2.52 bits per heavy atom. The van der Waals surface area contributed by atoms with Gasteiger partial charge >= 0.3 is 0 Å². The molecule has 0 fully saturated rings. The van der Waals surface area contributed by atoms with Crippen LogP contribution in [0, 0.1) is 0 Å². The highest BCUT2D eigenvalue weighted by molar-refractivity contribution is 7.98. The van der Waals surface area contributed by atoms with Gasteiger partial charge in [0.05, 0.1) is 25.3 Å². The Hall–Kier alpha value is -2.47. The van der Waals surface area contributed by atoms with E-state index in [1.165, 1.54) is 11.8 Å². The first-order chi connectivity index (χ1) is 11.2. The molecule has 23 heavy (non-hydrogen) atoms. The molecule has 118 valence electrons. The molecule has 0 atom stereocenters. The van der Waals surface area contributed by atoms with Gasteiger partial charge in [-0.2, -0.15) is 0 Å². The number of hydrogen-bond acceptors (Lipinski definition) is 5. The number of hydrogen-bond donors (Lipinski definition) is 0. The predicted octanol–water partition coefficient (Wildman–Crippen LogP) is 3.46. The summed E-state index contributed by atoms with van der Waals surface area (Å²) in [5, 5.41) is 0.658. The smallest absolute Gasteiger partial charge is 0.264 e. The fourth-order valence-electron chi connectivity index (χ4n) is 2.44. The molecule has 0 bridgehead atoms. The van der Waals surface area contributed by atoms with Crippen LogP contribution in [0.5, 0.6) is 11.5 Å². The van der Waals surface area contributed by atoms with Crippen LogP contribution < -0.4 is 9.47 Å². The lowest BCUT2D eigenvalue weighted by Gasteiger charge is -2.10. The van der Waals surface area contributed by atoms with Gasteiger partial charge in [-0.05, 0) is 36.6 Å². The van der Waals surface area contributed by atoms with Gasteiger partial charge in [-0.1, -0.05) is 23.9 Å². The van der Waals surface area contributed by atoms with Crippen molar-refractivity contribution in [2.24, 2.45) is 0 Å². The second-order valence-electron chi connectivity index (χ2n) is 4.80. The number of carbonyl (C=O) groups excluding carboxylic acids is 1. The minimum Gasteiger partial charge on any atom is -0.493 e. The highest BCUT2D eigenvalue weighted by atomic mass is 32.2. The normalized spacial score (nSPS) is 10.7. The molecular formula is C17H16N2O3S. The van der Waals surface area contributed by atoms with Crippen molar-refractivity contribution in [1.82, 2.24) is 9.55 Å². The molecule has 0 saturated heterocycles. The van der Waals surface area contributed by atoms with Crippen LogP contribution in [0.25, 0.3) is 11.0 Å². The average Bonchev–Trinajstić information content (AvgIpc) is 2.99. The third-order valence-electron chi connectivity index (χ3n) is 3.55. The van der Waals surface area contributed by atoms with Gasteiger partial charge in [0.25, 0.3) is 5.91 Å². The van der Waals surface area contributed by atoms with Gasteiger partial charge in [0, 0.05) is 5.56 Å². The summed E-state index contributed by atoms with van der Waals surface area (Å²) in [6.07, 6.45) is 1.90. The summed E-state index contributed by atoms with van der Waals surface area (Å²) >= 11 is 1.44. The zero-order chi connectivity index (χ0) is 16.4. The number of imidazole rings is 1. The number of ether oxygens (including phenoxy) is 2. The number of fused-ring (bicyclic) bond motifs is 1. The summed E-state index contributed by atoms with van der Waals surface area (Å²) < 4.78 is 12.1. The summed E-state index contributed by atoms with van der Waals surface area (Å²) in [4.78, 5) is 17.5. The van der Waals surface area contributed by atoms with E-state index in [1.807, 2.05) is 30.5 Å². The van der Waals surface area contributed by atoms with Crippen molar-refractivity contribution in [3.05, 3.63) is 48.0 Å². The van der Waals surface area contributed by atoms with Gasteiger partial charge in [0.1, 0.15) is 0 Å². The SMILES string of the molecule is COc1ccc(C(=O)n2c(SC)nc3ccccc32)cc1OC. The zero-order valence-corrected chi connectivity index (χ0v) is 13.9. The number of thioether (sulfide) groups is 1. The molecule has 1 aromatic heterocycles. The Morgan fingerprint density at radius 2 is 1.83 bits per heavy atom. The highest BCUT2D eigenvalue weighted by Crippen LogP contribution is 2.29. The van der Waals surface area contributed by atoms with Crippen molar-refractivity contribution < 1.29 is 14.3 Å². The van der Waals surface area contributed by atoms with Crippen molar-refractivity contribution >= 4 is 28.7 Å². The number of methoxy groups -OCH3 is 2. The Labute approximate surface area is 138 Å². The van der Waals surface area contributed by atoms with Crippen LogP contribution in [0.3, 0.4) is 0 Å². The standard InChI is InChI=1S/C17H16N2O3S/c1-21-14-9-8-11(10-15(14)22-2)16(20)19-13-7-5-4-6-12(13)18-17(19)23-3/h4-10H,1-3H3. The molecule has 5 nitrogen and oxygen atoms in total. The van der Waals surface area contributed by atoms with Gasteiger partial charge in [-0.15, -0.1) is 0 Å². The largest absolute Gasteiger partial charge is 0.493 e. The predicted molar refractivity (Wildman–Crippen MR) is 90.8 cm³/mol. The minimum atomic E-state index is -0.149. The van der Waals surface area contributed by atoms with E-state index in [4.69, 9.17) is 9.47 Å². The van der Waals surface area contributed by atoms with E-state index in [9.17, 15) is 4.79 Å². The quantitative estimate of drug-likeness (QED) is 0.687. The van der Waals surface area contributed by atoms with Crippen LogP contribution in [0.1, 0.15) is 10.4 Å². The maximum absolute atomic E-state index is 13.0. The maximum Gasteiger partial charge on any atom is 0.264 e. The van der Waals surface area contributed by atoms with E-state index in [0.29, 0.717) is 22.2 Å². The lowest BCUT2D eigenvalue weighted by molar-refractivity contribution is 0.0954. The Balaban J connectivity index is 2.14. The summed E-state index contributed by atoms with van der Waals surface area (Å²) in [5.41, 5.74) is 2.10. The number of nitrogens with zero attached hydrogens (tertiary/aromatic N) is 2. The molecular weight excluding hydrogens is 312 g/mol. The lowest BCUT2D eigenvalue weighted by atomic mass is 10.2. The van der Waals surface area contributed by atoms with E-state index < -0.39 is 0 Å². The van der Waals surface area contributed by atoms with Crippen LogP contribution in [0.15, 0.2) is 47.6 Å². The second-order valence-corrected chi connectivity index (χ2v) is 5.57. The fourth-order valence-corrected chi connectivity index (χ4v) is 2.99. The molecule has 0 N–H and O–H groups in total. The second kappa shape index (κ2) is 6.34. The molecule has 0 saturated carbocycles. The number of para-hydroxylation sites is 2. The minimum absolute atomic E-state index is 0.149. The van der Waals surface area contributed by atoms with Gasteiger partial charge < -0.3 is 9.47 Å². The molecule has 0 aliphatic carbocycles. The van der Waals surface area contributed by atoms with E-state index in [2.05, 4.69) is 4.98 Å². The molecule has 1 heterocycles. The summed E-state index contributed by atoms with van der Waals surface area (Å²) in [7, 11) is 3.11. The Morgan fingerprint density at radius 1 is 1.09 bits per heavy atom. The third kappa shape index (κ3) is 2.66. The number of rotatable bonds is 4. The van der Waals surface area contributed by atoms with Crippen LogP contribution in [-0.4, -0.2) is 35.9 Å². The molecule has 0 aliphatic rings. The van der Waals surface area contributed by atoms with Gasteiger partial charge in [0.2, 0.25) is 0 Å². The van der Waals surface area contributed by atoms with Crippen LogP contribution in [-0.2, 0) is 0 Å². The molecule has 6 heteroatoms. The first kappa shape index (κ1) is 15.4. The van der Waals surface area contributed by atoms with E-state index >= 15 is 0 Å². The van der Waals surface area contributed by atoms with Crippen LogP contribution in [0.2, 0.25) is 0 Å². The number of carbonyl (C=O) groups is 1. The molecule has 0 radical (unpaired) electrons. The van der Waals surface area contributed by atoms with Crippen molar-refractivity contribution in [2.45, 2.75) is 5.16 Å². The number of aromatic nitrogens is 2. The summed E-state index contributed by atoms with van der Waals surface area (Å²) in [6, 6.07) is 12.7. The summed E-state index contributed by atoms with van der Waals surface area (Å²) in [6.45, 7) is 0. The molecule has 0 unspecified atom stereocenters. The first-order valence-corrected chi connectivity index (χ1v) is 8.20. The van der Waals surface area contributed by atoms with Crippen molar-refractivity contribution in [3.63, 3.8) is 0 Å². The van der Waals surface area contributed by atoms with E-state index in [0.717, 1.165) is 11.0 Å². The topological polar surface area (TPSA) is 53.4 Å². The van der Waals surface area contributed by atoms with Crippen molar-refractivity contribution in [3.8, 4) is 11.5 Å². The van der Waals surface area contributed by atoms with Gasteiger partial charge in [0.15, 0.2) is 16.7 Å². The van der Waals surface area contributed by atoms with Gasteiger partial charge in [-0.3, -0.25) is 9.36 Å². The monoisotopic (exact) mass is 328 g/mol. The van der Waals surface area contributed by atoms with Crippen molar-refractivity contribution in [1.29, 1.82) is 0 Å². The van der Waals surface area contributed by atoms with Crippen LogP contribution in [0.4, 0.5) is 0 Å². The Kier molecular flexibility index (Phi) is 4.25. The van der Waals surface area contributed by atoms with Crippen LogP contribution >= 0.6 is 11.8 Å². The molecule has 0 aliphatic heterocycles. The average molecular weight is 328 g/mol. The first-order valence-electron chi connectivity index (χ1n) is 6.97. The molecule has 0 spiro atoms. The lowest BCUT2D eigenvalue weighted by Crippen LogP contribution is -2.13. The number of benzene rings is 2. The summed E-state index contributed by atoms with van der Waals surface area (Å²) in [5.74, 6) is 0.960. The maximum atomic E-state index is 13.0. The Bertz CT molecular complexity index is 873. The van der Waals surface area contributed by atoms with E-state index in [1.54, 1.807) is 37.0 Å².